The molecule has 0 unspecified atom stereocenters. The van der Waals surface area contributed by atoms with Crippen LogP contribution < -0.4 is 5.73 Å². The molecule has 4 nitrogen and oxygen atoms in total. The number of ether oxygens (including phenoxy) is 1. The monoisotopic (exact) mass is 310 g/mol. The van der Waals surface area contributed by atoms with Gasteiger partial charge in [-0.15, -0.1) is 0 Å². The molecule has 1 aliphatic heterocycles. The summed E-state index contributed by atoms with van der Waals surface area (Å²) in [6.45, 7) is 6.06. The number of rotatable bonds is 4. The molecule has 2 aromatic rings. The Hall–Kier alpha value is -2.17. The molecule has 0 radical (unpaired) electrons. The number of morpholine rings is 1. The summed E-state index contributed by atoms with van der Waals surface area (Å²) >= 11 is 0. The number of nitrogens with two attached hydrogens (primary N) is 1. The Kier molecular flexibility index (Phi) is 4.74. The van der Waals surface area contributed by atoms with Gasteiger partial charge in [-0.1, -0.05) is 36.4 Å². The first-order chi connectivity index (χ1) is 11.1. The first-order valence-electron chi connectivity index (χ1n) is 7.94. The predicted molar refractivity (Wildman–Crippen MR) is 91.2 cm³/mol. The van der Waals surface area contributed by atoms with Gasteiger partial charge in [-0.05, 0) is 35.2 Å². The van der Waals surface area contributed by atoms with Gasteiger partial charge in [0.15, 0.2) is 0 Å². The Balaban J connectivity index is 1.92. The minimum Gasteiger partial charge on any atom is -0.379 e. The highest BCUT2D eigenvalue weighted by Gasteiger charge is 2.16. The van der Waals surface area contributed by atoms with Crippen molar-refractivity contribution in [3.8, 4) is 11.1 Å². The minimum absolute atomic E-state index is 0.372. The third-order valence-corrected chi connectivity index (χ3v) is 4.33. The van der Waals surface area contributed by atoms with Crippen LogP contribution in [0.1, 0.15) is 21.5 Å². The molecule has 1 amide bonds. The number of hydrogen-bond donors (Lipinski definition) is 1. The topological polar surface area (TPSA) is 55.6 Å². The average Bonchev–Trinajstić information content (AvgIpc) is 2.56. The molecule has 1 saturated heterocycles. The van der Waals surface area contributed by atoms with Crippen LogP contribution in [0.3, 0.4) is 0 Å². The Morgan fingerprint density at radius 2 is 1.91 bits per heavy atom. The summed E-state index contributed by atoms with van der Waals surface area (Å²) in [4.78, 5) is 14.2. The van der Waals surface area contributed by atoms with Gasteiger partial charge in [-0.25, -0.2) is 0 Å². The molecule has 0 spiro atoms. The molecule has 23 heavy (non-hydrogen) atoms. The number of nitrogens with zero attached hydrogens (tertiary/aromatic N) is 1. The second kappa shape index (κ2) is 6.94. The molecule has 0 bridgehead atoms. The van der Waals surface area contributed by atoms with E-state index in [9.17, 15) is 4.79 Å². The fraction of sp³-hybridized carbons (Fsp3) is 0.316. The molecule has 0 saturated carbocycles. The van der Waals surface area contributed by atoms with Crippen LogP contribution in [-0.4, -0.2) is 37.1 Å². The van der Waals surface area contributed by atoms with E-state index in [0.29, 0.717) is 5.56 Å². The molecule has 1 fully saturated rings. The van der Waals surface area contributed by atoms with E-state index in [-0.39, 0.29) is 5.91 Å². The predicted octanol–water partition coefficient (Wildman–Crippen LogP) is 2.59. The maximum absolute atomic E-state index is 11.9. The Morgan fingerprint density at radius 3 is 2.61 bits per heavy atom. The van der Waals surface area contributed by atoms with Gasteiger partial charge < -0.3 is 10.5 Å². The highest BCUT2D eigenvalue weighted by Crippen LogP contribution is 2.26. The molecule has 3 rings (SSSR count). The molecule has 0 atom stereocenters. The molecule has 1 aliphatic rings. The van der Waals surface area contributed by atoms with Gasteiger partial charge >= 0.3 is 0 Å². The minimum atomic E-state index is -0.372. The largest absolute Gasteiger partial charge is 0.379 e. The Bertz CT molecular complexity index is 706. The van der Waals surface area contributed by atoms with Crippen LogP contribution in [-0.2, 0) is 11.3 Å². The molecular weight excluding hydrogens is 288 g/mol. The van der Waals surface area contributed by atoms with Gasteiger partial charge in [0.2, 0.25) is 5.91 Å². The van der Waals surface area contributed by atoms with E-state index in [2.05, 4.69) is 30.0 Å². The number of amides is 1. The fourth-order valence-corrected chi connectivity index (χ4v) is 3.01. The summed E-state index contributed by atoms with van der Waals surface area (Å²) in [7, 11) is 0. The van der Waals surface area contributed by atoms with Crippen molar-refractivity contribution in [3.05, 3.63) is 59.2 Å². The summed E-state index contributed by atoms with van der Waals surface area (Å²) in [6.07, 6.45) is 0. The van der Waals surface area contributed by atoms with Crippen molar-refractivity contribution in [1.29, 1.82) is 0 Å². The number of hydrogen-bond acceptors (Lipinski definition) is 3. The summed E-state index contributed by atoms with van der Waals surface area (Å²) < 4.78 is 5.37. The van der Waals surface area contributed by atoms with Gasteiger partial charge in [0, 0.05) is 25.2 Å². The van der Waals surface area contributed by atoms with Crippen molar-refractivity contribution in [1.82, 2.24) is 4.90 Å². The van der Waals surface area contributed by atoms with E-state index < -0.39 is 0 Å². The quantitative estimate of drug-likeness (QED) is 0.944. The molecular formula is C19H22N2O2. The van der Waals surface area contributed by atoms with E-state index >= 15 is 0 Å². The van der Waals surface area contributed by atoms with Crippen LogP contribution in [0.5, 0.6) is 0 Å². The molecule has 1 heterocycles. The van der Waals surface area contributed by atoms with Crippen LogP contribution in [0, 0.1) is 6.92 Å². The Labute approximate surface area is 136 Å². The van der Waals surface area contributed by atoms with Crippen LogP contribution >= 0.6 is 0 Å². The zero-order valence-electron chi connectivity index (χ0n) is 13.4. The van der Waals surface area contributed by atoms with Gasteiger partial charge in [0.05, 0.1) is 13.2 Å². The summed E-state index contributed by atoms with van der Waals surface area (Å²) in [5.41, 5.74) is 10.6. The lowest BCUT2D eigenvalue weighted by atomic mass is 9.95. The highest BCUT2D eigenvalue weighted by molar-refractivity contribution is 5.95. The highest BCUT2D eigenvalue weighted by atomic mass is 16.5. The molecule has 4 heteroatoms. The lowest BCUT2D eigenvalue weighted by molar-refractivity contribution is 0.0341. The first-order valence-corrected chi connectivity index (χ1v) is 7.94. The summed E-state index contributed by atoms with van der Waals surface area (Å²) in [5, 5.41) is 0. The number of primary amides is 1. The van der Waals surface area contributed by atoms with Crippen molar-refractivity contribution in [2.45, 2.75) is 13.5 Å². The number of carbonyl (C=O) groups is 1. The van der Waals surface area contributed by atoms with E-state index in [4.69, 9.17) is 10.5 Å². The van der Waals surface area contributed by atoms with Gasteiger partial charge in [-0.3, -0.25) is 9.69 Å². The third-order valence-electron chi connectivity index (χ3n) is 4.33. The van der Waals surface area contributed by atoms with Gasteiger partial charge in [0.25, 0.3) is 0 Å². The van der Waals surface area contributed by atoms with Crippen molar-refractivity contribution in [2.75, 3.05) is 26.3 Å². The average molecular weight is 310 g/mol. The SMILES string of the molecule is Cc1ccccc1-c1ccc(CN2CCOCC2)c(C(N)=O)c1. The van der Waals surface area contributed by atoms with Crippen LogP contribution in [0.2, 0.25) is 0 Å². The van der Waals surface area contributed by atoms with Crippen molar-refractivity contribution >= 4 is 5.91 Å². The standard InChI is InChI=1S/C19H22N2O2/c1-14-4-2-3-5-17(14)15-6-7-16(18(12-15)19(20)22)13-21-8-10-23-11-9-21/h2-7,12H,8-11,13H2,1H3,(H2,20,22). The molecule has 2 aromatic carbocycles. The van der Waals surface area contributed by atoms with E-state index in [1.165, 1.54) is 5.56 Å². The number of benzene rings is 2. The van der Waals surface area contributed by atoms with Gasteiger partial charge in [0.1, 0.15) is 0 Å². The third kappa shape index (κ3) is 3.60. The second-order valence-corrected chi connectivity index (χ2v) is 5.94. The molecule has 0 aromatic heterocycles. The zero-order valence-corrected chi connectivity index (χ0v) is 13.4. The van der Waals surface area contributed by atoms with Crippen molar-refractivity contribution in [3.63, 3.8) is 0 Å². The molecule has 0 aliphatic carbocycles. The zero-order chi connectivity index (χ0) is 16.2. The molecule has 2 N–H and O–H groups in total. The smallest absolute Gasteiger partial charge is 0.249 e. The van der Waals surface area contributed by atoms with Crippen LogP contribution in [0.15, 0.2) is 42.5 Å². The first kappa shape index (κ1) is 15.7. The van der Waals surface area contributed by atoms with Crippen molar-refractivity contribution < 1.29 is 9.53 Å². The lowest BCUT2D eigenvalue weighted by Crippen LogP contribution is -2.36. The van der Waals surface area contributed by atoms with Crippen LogP contribution in [0.4, 0.5) is 0 Å². The van der Waals surface area contributed by atoms with Gasteiger partial charge in [-0.2, -0.15) is 0 Å². The van der Waals surface area contributed by atoms with E-state index in [0.717, 1.165) is 49.5 Å². The molecule has 120 valence electrons. The maximum Gasteiger partial charge on any atom is 0.249 e. The second-order valence-electron chi connectivity index (χ2n) is 5.94. The van der Waals surface area contributed by atoms with E-state index in [1.807, 2.05) is 24.3 Å². The van der Waals surface area contributed by atoms with Crippen molar-refractivity contribution in [2.24, 2.45) is 5.73 Å². The summed E-state index contributed by atoms with van der Waals surface area (Å²) in [5.74, 6) is -0.372. The lowest BCUT2D eigenvalue weighted by Gasteiger charge is -2.27. The maximum atomic E-state index is 11.9. The van der Waals surface area contributed by atoms with Crippen LogP contribution in [0.25, 0.3) is 11.1 Å². The van der Waals surface area contributed by atoms with E-state index in [1.54, 1.807) is 0 Å². The normalized spacial score (nSPS) is 15.5. The fourth-order valence-electron chi connectivity index (χ4n) is 3.01. The Morgan fingerprint density at radius 1 is 1.17 bits per heavy atom. The number of carbonyl (C=O) groups excluding carboxylic acids is 1. The summed E-state index contributed by atoms with van der Waals surface area (Å²) in [6, 6.07) is 14.2. The number of aryl methyl sites for hydroxylation is 1.